The van der Waals surface area contributed by atoms with Crippen molar-refractivity contribution in [2.24, 2.45) is 0 Å². The average molecular weight is 198 g/mol. The Labute approximate surface area is 89.7 Å². The van der Waals surface area contributed by atoms with Crippen LogP contribution in [0.3, 0.4) is 0 Å². The van der Waals surface area contributed by atoms with Gasteiger partial charge in [0.1, 0.15) is 0 Å². The van der Waals surface area contributed by atoms with E-state index in [-0.39, 0.29) is 0 Å². The highest BCUT2D eigenvalue weighted by Crippen LogP contribution is 2.26. The van der Waals surface area contributed by atoms with Gasteiger partial charge in [0.2, 0.25) is 0 Å². The first-order valence-electron chi connectivity index (χ1n) is 5.52. The third kappa shape index (κ3) is 1.88. The van der Waals surface area contributed by atoms with Crippen LogP contribution in [0.15, 0.2) is 42.5 Å². The highest BCUT2D eigenvalue weighted by Gasteiger charge is 2.21. The van der Waals surface area contributed by atoms with Gasteiger partial charge in [-0.2, -0.15) is 0 Å². The predicted octanol–water partition coefficient (Wildman–Crippen LogP) is 3.52. The molecule has 0 saturated heterocycles. The molecular formula is C14H14O. The van der Waals surface area contributed by atoms with Gasteiger partial charge in [-0.15, -0.1) is 0 Å². The summed E-state index contributed by atoms with van der Waals surface area (Å²) in [5, 5.41) is 2.62. The molecule has 1 heteroatoms. The van der Waals surface area contributed by atoms with Crippen molar-refractivity contribution < 1.29 is 4.74 Å². The molecule has 0 atom stereocenters. The minimum absolute atomic E-state index is 0.531. The predicted molar refractivity (Wildman–Crippen MR) is 61.8 cm³/mol. The summed E-state index contributed by atoms with van der Waals surface area (Å²) in [6.07, 6.45) is 3.01. The van der Waals surface area contributed by atoms with E-state index in [1.54, 1.807) is 0 Å². The zero-order valence-corrected chi connectivity index (χ0v) is 8.65. The van der Waals surface area contributed by atoms with Gasteiger partial charge in [-0.05, 0) is 29.2 Å². The lowest BCUT2D eigenvalue weighted by atomic mass is 10.1. The molecule has 3 rings (SSSR count). The summed E-state index contributed by atoms with van der Waals surface area (Å²) < 4.78 is 5.75. The molecule has 1 aliphatic carbocycles. The molecular weight excluding hydrogens is 184 g/mol. The molecule has 0 spiro atoms. The number of rotatable bonds is 3. The highest BCUT2D eigenvalue weighted by atomic mass is 16.5. The summed E-state index contributed by atoms with van der Waals surface area (Å²) in [4.78, 5) is 0. The minimum Gasteiger partial charge on any atom is -0.374 e. The third-order valence-corrected chi connectivity index (χ3v) is 2.88. The van der Waals surface area contributed by atoms with Gasteiger partial charge in [0.05, 0.1) is 12.7 Å². The Balaban J connectivity index is 1.93. The van der Waals surface area contributed by atoms with Crippen LogP contribution in [0.1, 0.15) is 18.4 Å². The zero-order chi connectivity index (χ0) is 10.1. The van der Waals surface area contributed by atoms with Crippen molar-refractivity contribution in [3.63, 3.8) is 0 Å². The van der Waals surface area contributed by atoms with Crippen LogP contribution in [0.25, 0.3) is 10.8 Å². The Hall–Kier alpha value is -1.34. The number of hydrogen-bond donors (Lipinski definition) is 0. The quantitative estimate of drug-likeness (QED) is 0.733. The molecule has 0 radical (unpaired) electrons. The van der Waals surface area contributed by atoms with Crippen LogP contribution < -0.4 is 0 Å². The van der Waals surface area contributed by atoms with E-state index in [0.29, 0.717) is 6.10 Å². The Bertz CT molecular complexity index is 466. The third-order valence-electron chi connectivity index (χ3n) is 2.88. The summed E-state index contributed by atoms with van der Waals surface area (Å²) in [6.45, 7) is 0.756. The van der Waals surface area contributed by atoms with E-state index in [1.165, 1.54) is 29.2 Å². The summed E-state index contributed by atoms with van der Waals surface area (Å²) in [5.41, 5.74) is 1.31. The normalized spacial score (nSPS) is 15.7. The molecule has 0 bridgehead atoms. The van der Waals surface area contributed by atoms with Crippen LogP contribution in [0.2, 0.25) is 0 Å². The van der Waals surface area contributed by atoms with E-state index >= 15 is 0 Å². The standard InChI is InChI=1S/C14H14O/c1-2-7-14-11(4-1)5-3-6-12(14)10-15-13-8-9-13/h1-7,13H,8-10H2. The molecule has 1 fully saturated rings. The van der Waals surface area contributed by atoms with Crippen LogP contribution in [0.4, 0.5) is 0 Å². The van der Waals surface area contributed by atoms with Crippen molar-refractivity contribution in [2.75, 3.05) is 0 Å². The monoisotopic (exact) mass is 198 g/mol. The van der Waals surface area contributed by atoms with E-state index in [0.717, 1.165) is 6.61 Å². The smallest absolute Gasteiger partial charge is 0.0726 e. The minimum atomic E-state index is 0.531. The van der Waals surface area contributed by atoms with Gasteiger partial charge >= 0.3 is 0 Å². The molecule has 0 aromatic heterocycles. The van der Waals surface area contributed by atoms with Crippen molar-refractivity contribution in [1.82, 2.24) is 0 Å². The Morgan fingerprint density at radius 3 is 2.67 bits per heavy atom. The van der Waals surface area contributed by atoms with E-state index < -0.39 is 0 Å². The lowest BCUT2D eigenvalue weighted by Gasteiger charge is -2.06. The van der Waals surface area contributed by atoms with Crippen molar-refractivity contribution in [3.8, 4) is 0 Å². The molecule has 2 aromatic rings. The van der Waals surface area contributed by atoms with Gasteiger partial charge < -0.3 is 4.74 Å². The van der Waals surface area contributed by atoms with Crippen LogP contribution in [-0.2, 0) is 11.3 Å². The summed E-state index contributed by atoms with van der Waals surface area (Å²) in [7, 11) is 0. The summed E-state index contributed by atoms with van der Waals surface area (Å²) >= 11 is 0. The Kier molecular flexibility index (Phi) is 2.18. The number of benzene rings is 2. The molecule has 0 aliphatic heterocycles. The molecule has 1 saturated carbocycles. The molecule has 15 heavy (non-hydrogen) atoms. The topological polar surface area (TPSA) is 9.23 Å². The lowest BCUT2D eigenvalue weighted by Crippen LogP contribution is -1.95. The van der Waals surface area contributed by atoms with E-state index in [4.69, 9.17) is 4.74 Å². The Morgan fingerprint density at radius 1 is 1.00 bits per heavy atom. The molecule has 0 heterocycles. The van der Waals surface area contributed by atoms with Crippen molar-refractivity contribution in [3.05, 3.63) is 48.0 Å². The van der Waals surface area contributed by atoms with Crippen molar-refractivity contribution in [1.29, 1.82) is 0 Å². The fourth-order valence-electron chi connectivity index (χ4n) is 1.86. The summed E-state index contributed by atoms with van der Waals surface area (Å²) in [5.74, 6) is 0. The fourth-order valence-corrected chi connectivity index (χ4v) is 1.86. The van der Waals surface area contributed by atoms with Gasteiger partial charge in [-0.3, -0.25) is 0 Å². The maximum Gasteiger partial charge on any atom is 0.0726 e. The average Bonchev–Trinajstić information content (AvgIpc) is 3.10. The summed E-state index contributed by atoms with van der Waals surface area (Å²) in [6, 6.07) is 14.9. The largest absolute Gasteiger partial charge is 0.374 e. The van der Waals surface area contributed by atoms with E-state index in [9.17, 15) is 0 Å². The molecule has 1 aliphatic rings. The maximum absolute atomic E-state index is 5.75. The number of ether oxygens (including phenoxy) is 1. The first-order valence-corrected chi connectivity index (χ1v) is 5.52. The van der Waals surface area contributed by atoms with Crippen LogP contribution in [0.5, 0.6) is 0 Å². The SMILES string of the molecule is c1ccc2c(COC3CC3)cccc2c1. The molecule has 2 aromatic carbocycles. The van der Waals surface area contributed by atoms with Gasteiger partial charge in [-0.1, -0.05) is 42.5 Å². The first kappa shape index (κ1) is 8.93. The molecule has 0 N–H and O–H groups in total. The zero-order valence-electron chi connectivity index (χ0n) is 8.65. The number of hydrogen-bond acceptors (Lipinski definition) is 1. The Morgan fingerprint density at radius 2 is 1.80 bits per heavy atom. The van der Waals surface area contributed by atoms with E-state index in [2.05, 4.69) is 42.5 Å². The maximum atomic E-state index is 5.75. The van der Waals surface area contributed by atoms with Gasteiger partial charge in [0, 0.05) is 0 Å². The second-order valence-electron chi connectivity index (χ2n) is 4.15. The van der Waals surface area contributed by atoms with Crippen molar-refractivity contribution in [2.45, 2.75) is 25.6 Å². The van der Waals surface area contributed by atoms with Crippen LogP contribution in [-0.4, -0.2) is 6.10 Å². The van der Waals surface area contributed by atoms with Gasteiger partial charge in [0.25, 0.3) is 0 Å². The lowest BCUT2D eigenvalue weighted by molar-refractivity contribution is 0.107. The molecule has 0 unspecified atom stereocenters. The van der Waals surface area contributed by atoms with Crippen LogP contribution in [0, 0.1) is 0 Å². The highest BCUT2D eigenvalue weighted by molar-refractivity contribution is 5.85. The van der Waals surface area contributed by atoms with Crippen molar-refractivity contribution >= 4 is 10.8 Å². The fraction of sp³-hybridized carbons (Fsp3) is 0.286. The molecule has 1 nitrogen and oxygen atoms in total. The number of fused-ring (bicyclic) bond motifs is 1. The first-order chi connectivity index (χ1) is 7.43. The van der Waals surface area contributed by atoms with E-state index in [1.807, 2.05) is 0 Å². The van der Waals surface area contributed by atoms with Gasteiger partial charge in [0.15, 0.2) is 0 Å². The second kappa shape index (κ2) is 3.67. The second-order valence-corrected chi connectivity index (χ2v) is 4.15. The van der Waals surface area contributed by atoms with Gasteiger partial charge in [-0.25, -0.2) is 0 Å². The molecule has 0 amide bonds. The molecule has 76 valence electrons. The van der Waals surface area contributed by atoms with Crippen LogP contribution >= 0.6 is 0 Å².